The quantitative estimate of drug-likeness (QED) is 0.486. The first-order valence-corrected chi connectivity index (χ1v) is 13.4. The van der Waals surface area contributed by atoms with Crippen LogP contribution in [0.1, 0.15) is 31.2 Å². The zero-order valence-corrected chi connectivity index (χ0v) is 21.9. The third kappa shape index (κ3) is 6.56. The Kier molecular flexibility index (Phi) is 8.16. The predicted molar refractivity (Wildman–Crippen MR) is 148 cm³/mol. The maximum absolute atomic E-state index is 12.8. The zero-order valence-electron chi connectivity index (χ0n) is 21.9. The zero-order chi connectivity index (χ0) is 25.6. The minimum Gasteiger partial charge on any atom is -0.366 e. The SMILES string of the molecule is CN(C)c1nc(NC2CCC(CNC(=O)C3CN(Cc4ccccc4)CCO3)CC2)nc2ccccc12. The number of nitrogens with one attached hydrogen (secondary N) is 2. The molecule has 1 amide bonds. The number of rotatable bonds is 8. The van der Waals surface area contributed by atoms with Crippen molar-refractivity contribution in [3.63, 3.8) is 0 Å². The fraction of sp³-hybridized carbons (Fsp3) is 0.483. The van der Waals surface area contributed by atoms with E-state index in [0.29, 0.717) is 37.6 Å². The highest BCUT2D eigenvalue weighted by molar-refractivity contribution is 5.90. The topological polar surface area (TPSA) is 82.6 Å². The number of fused-ring (bicyclic) bond motifs is 1. The fourth-order valence-electron chi connectivity index (χ4n) is 5.36. The highest BCUT2D eigenvalue weighted by Gasteiger charge is 2.28. The van der Waals surface area contributed by atoms with Crippen LogP contribution in [0, 0.1) is 5.92 Å². The van der Waals surface area contributed by atoms with Gasteiger partial charge in [0.05, 0.1) is 12.1 Å². The second kappa shape index (κ2) is 11.9. The Morgan fingerprint density at radius 1 is 1.03 bits per heavy atom. The van der Waals surface area contributed by atoms with Gasteiger partial charge in [0.1, 0.15) is 11.9 Å². The molecule has 0 spiro atoms. The molecule has 0 radical (unpaired) electrons. The monoisotopic (exact) mass is 502 g/mol. The predicted octanol–water partition coefficient (Wildman–Crippen LogP) is 3.68. The lowest BCUT2D eigenvalue weighted by molar-refractivity contribution is -0.139. The number of hydrogen-bond donors (Lipinski definition) is 2. The first kappa shape index (κ1) is 25.4. The summed E-state index contributed by atoms with van der Waals surface area (Å²) >= 11 is 0. The third-order valence-corrected chi connectivity index (χ3v) is 7.44. The summed E-state index contributed by atoms with van der Waals surface area (Å²) in [4.78, 5) is 26.7. The molecular weight excluding hydrogens is 464 g/mol. The lowest BCUT2D eigenvalue weighted by atomic mass is 9.86. The summed E-state index contributed by atoms with van der Waals surface area (Å²) in [5.41, 5.74) is 2.22. The normalized spacial score (nSPS) is 22.5. The molecule has 0 bridgehead atoms. The van der Waals surface area contributed by atoms with Crippen molar-refractivity contribution < 1.29 is 9.53 Å². The lowest BCUT2D eigenvalue weighted by Crippen LogP contribution is -2.50. The first-order chi connectivity index (χ1) is 18.0. The van der Waals surface area contributed by atoms with Gasteiger partial charge in [-0.2, -0.15) is 4.98 Å². The molecule has 2 N–H and O–H groups in total. The molecule has 1 aromatic heterocycles. The summed E-state index contributed by atoms with van der Waals surface area (Å²) < 4.78 is 5.81. The average molecular weight is 503 g/mol. The molecule has 8 nitrogen and oxygen atoms in total. The van der Waals surface area contributed by atoms with Crippen molar-refractivity contribution in [3.8, 4) is 0 Å². The van der Waals surface area contributed by atoms with Crippen molar-refractivity contribution in [1.29, 1.82) is 0 Å². The van der Waals surface area contributed by atoms with E-state index in [1.54, 1.807) is 0 Å². The Balaban J connectivity index is 1.08. The summed E-state index contributed by atoms with van der Waals surface area (Å²) in [5, 5.41) is 7.80. The fourth-order valence-corrected chi connectivity index (χ4v) is 5.36. The molecule has 37 heavy (non-hydrogen) atoms. The number of carbonyl (C=O) groups is 1. The van der Waals surface area contributed by atoms with Gasteiger partial charge in [-0.05, 0) is 49.3 Å². The summed E-state index contributed by atoms with van der Waals surface area (Å²) in [6.45, 7) is 3.64. The van der Waals surface area contributed by atoms with Gasteiger partial charge in [0.25, 0.3) is 0 Å². The van der Waals surface area contributed by atoms with Gasteiger partial charge in [-0.1, -0.05) is 42.5 Å². The second-order valence-electron chi connectivity index (χ2n) is 10.5. The standard InChI is InChI=1S/C29H38N6O2/c1-34(2)27-24-10-6-7-11-25(24)32-29(33-27)31-23-14-12-21(13-15-23)18-30-28(36)26-20-35(16-17-37-26)19-22-8-4-3-5-9-22/h3-11,21,23,26H,12-20H2,1-2H3,(H,30,36)(H,31,32,33). The average Bonchev–Trinajstić information content (AvgIpc) is 2.92. The molecule has 2 aliphatic rings. The highest BCUT2D eigenvalue weighted by atomic mass is 16.5. The van der Waals surface area contributed by atoms with E-state index in [1.165, 1.54) is 5.56 Å². The number of aromatic nitrogens is 2. The van der Waals surface area contributed by atoms with Crippen LogP contribution in [-0.2, 0) is 16.1 Å². The molecule has 1 saturated carbocycles. The van der Waals surface area contributed by atoms with Crippen molar-refractivity contribution in [2.45, 2.75) is 44.4 Å². The van der Waals surface area contributed by atoms with Crippen LogP contribution in [-0.4, -0.2) is 73.3 Å². The van der Waals surface area contributed by atoms with Gasteiger partial charge in [-0.15, -0.1) is 0 Å². The number of para-hydroxylation sites is 1. The molecule has 1 atom stereocenters. The molecular formula is C29H38N6O2. The summed E-state index contributed by atoms with van der Waals surface area (Å²) in [5.74, 6) is 2.12. The molecule has 5 rings (SSSR count). The third-order valence-electron chi connectivity index (χ3n) is 7.44. The molecule has 8 heteroatoms. The summed E-state index contributed by atoms with van der Waals surface area (Å²) in [7, 11) is 4.02. The minimum atomic E-state index is -0.397. The van der Waals surface area contributed by atoms with Gasteiger partial charge in [0.2, 0.25) is 11.9 Å². The molecule has 1 aliphatic heterocycles. The lowest BCUT2D eigenvalue weighted by Gasteiger charge is -2.33. The van der Waals surface area contributed by atoms with E-state index in [0.717, 1.165) is 55.5 Å². The van der Waals surface area contributed by atoms with Crippen LogP contribution in [0.15, 0.2) is 54.6 Å². The van der Waals surface area contributed by atoms with Gasteiger partial charge < -0.3 is 20.3 Å². The Hall–Kier alpha value is -3.23. The number of benzene rings is 2. The van der Waals surface area contributed by atoms with Gasteiger partial charge in [0, 0.05) is 51.7 Å². The van der Waals surface area contributed by atoms with Gasteiger partial charge >= 0.3 is 0 Å². The maximum Gasteiger partial charge on any atom is 0.250 e. The van der Waals surface area contributed by atoms with E-state index >= 15 is 0 Å². The number of ether oxygens (including phenoxy) is 1. The van der Waals surface area contributed by atoms with Crippen molar-refractivity contribution in [2.75, 3.05) is 50.6 Å². The number of morpholine rings is 1. The molecule has 2 fully saturated rings. The van der Waals surface area contributed by atoms with Crippen LogP contribution in [0.25, 0.3) is 10.9 Å². The highest BCUT2D eigenvalue weighted by Crippen LogP contribution is 2.28. The van der Waals surface area contributed by atoms with Crippen molar-refractivity contribution >= 4 is 28.6 Å². The van der Waals surface area contributed by atoms with Crippen LogP contribution in [0.2, 0.25) is 0 Å². The molecule has 2 heterocycles. The summed E-state index contributed by atoms with van der Waals surface area (Å²) in [6, 6.07) is 18.9. The Bertz CT molecular complexity index is 1180. The van der Waals surface area contributed by atoms with Crippen LogP contribution < -0.4 is 15.5 Å². The minimum absolute atomic E-state index is 0.0128. The van der Waals surface area contributed by atoms with Gasteiger partial charge in [-0.3, -0.25) is 9.69 Å². The van der Waals surface area contributed by atoms with Gasteiger partial charge in [-0.25, -0.2) is 4.98 Å². The van der Waals surface area contributed by atoms with E-state index in [2.05, 4.69) is 45.9 Å². The van der Waals surface area contributed by atoms with Crippen LogP contribution in [0.3, 0.4) is 0 Å². The van der Waals surface area contributed by atoms with Crippen LogP contribution >= 0.6 is 0 Å². The number of amides is 1. The maximum atomic E-state index is 12.8. The Labute approximate surface area is 219 Å². The number of hydrogen-bond acceptors (Lipinski definition) is 7. The van der Waals surface area contributed by atoms with Crippen LogP contribution in [0.4, 0.5) is 11.8 Å². The van der Waals surface area contributed by atoms with E-state index in [9.17, 15) is 4.79 Å². The van der Waals surface area contributed by atoms with E-state index < -0.39 is 6.10 Å². The largest absolute Gasteiger partial charge is 0.366 e. The van der Waals surface area contributed by atoms with Crippen molar-refractivity contribution in [3.05, 3.63) is 60.2 Å². The van der Waals surface area contributed by atoms with Crippen molar-refractivity contribution in [1.82, 2.24) is 20.2 Å². The number of nitrogens with zero attached hydrogens (tertiary/aromatic N) is 4. The van der Waals surface area contributed by atoms with Crippen molar-refractivity contribution in [2.24, 2.45) is 5.92 Å². The molecule has 2 aromatic carbocycles. The van der Waals surface area contributed by atoms with E-state index in [4.69, 9.17) is 14.7 Å². The molecule has 1 saturated heterocycles. The Morgan fingerprint density at radius 3 is 2.57 bits per heavy atom. The second-order valence-corrected chi connectivity index (χ2v) is 10.5. The Morgan fingerprint density at radius 2 is 1.78 bits per heavy atom. The van der Waals surface area contributed by atoms with Gasteiger partial charge in [0.15, 0.2) is 0 Å². The van der Waals surface area contributed by atoms with E-state index in [1.807, 2.05) is 43.3 Å². The molecule has 1 aliphatic carbocycles. The molecule has 3 aromatic rings. The molecule has 1 unspecified atom stereocenters. The smallest absolute Gasteiger partial charge is 0.250 e. The summed E-state index contributed by atoms with van der Waals surface area (Å²) in [6.07, 6.45) is 3.82. The first-order valence-electron chi connectivity index (χ1n) is 13.4. The molecule has 196 valence electrons. The van der Waals surface area contributed by atoms with Crippen LogP contribution in [0.5, 0.6) is 0 Å². The number of anilines is 2. The number of carbonyl (C=O) groups excluding carboxylic acids is 1. The van der Waals surface area contributed by atoms with E-state index in [-0.39, 0.29) is 5.91 Å².